The standard InChI is InChI=1S/C20H21ClN2O4/c1-26-17-7-6-13(8-18(17)27-2)11-23-12-14(9-19(23)24)20(25)22-16-5-3-4-15(21)10-16/h3-8,10,14H,9,11-12H2,1-2H3,(H,22,25). The number of rotatable bonds is 6. The first-order valence-electron chi connectivity index (χ1n) is 8.55. The van der Waals surface area contributed by atoms with Crippen LogP contribution in [-0.4, -0.2) is 37.5 Å². The molecule has 1 heterocycles. The maximum atomic E-state index is 12.5. The lowest BCUT2D eigenvalue weighted by Gasteiger charge is -2.18. The van der Waals surface area contributed by atoms with Gasteiger partial charge in [0, 0.05) is 30.2 Å². The maximum Gasteiger partial charge on any atom is 0.229 e. The van der Waals surface area contributed by atoms with Crippen molar-refractivity contribution in [1.29, 1.82) is 0 Å². The van der Waals surface area contributed by atoms with E-state index in [9.17, 15) is 9.59 Å². The summed E-state index contributed by atoms with van der Waals surface area (Å²) in [5.41, 5.74) is 1.54. The predicted molar refractivity (Wildman–Crippen MR) is 103 cm³/mol. The minimum absolute atomic E-state index is 0.0453. The van der Waals surface area contributed by atoms with Crippen LogP contribution in [-0.2, 0) is 16.1 Å². The lowest BCUT2D eigenvalue weighted by atomic mass is 10.1. The zero-order chi connectivity index (χ0) is 19.4. The van der Waals surface area contributed by atoms with Gasteiger partial charge in [-0.1, -0.05) is 23.7 Å². The zero-order valence-electron chi connectivity index (χ0n) is 15.2. The largest absolute Gasteiger partial charge is 0.493 e. The van der Waals surface area contributed by atoms with Gasteiger partial charge in [-0.05, 0) is 35.9 Å². The van der Waals surface area contributed by atoms with Crippen molar-refractivity contribution < 1.29 is 19.1 Å². The molecule has 0 aromatic heterocycles. The van der Waals surface area contributed by atoms with Gasteiger partial charge in [0.15, 0.2) is 11.5 Å². The Labute approximate surface area is 163 Å². The lowest BCUT2D eigenvalue weighted by Crippen LogP contribution is -2.28. The Morgan fingerprint density at radius 1 is 1.19 bits per heavy atom. The Morgan fingerprint density at radius 2 is 1.96 bits per heavy atom. The number of nitrogens with zero attached hydrogens (tertiary/aromatic N) is 1. The summed E-state index contributed by atoms with van der Waals surface area (Å²) in [4.78, 5) is 26.5. The molecule has 1 fully saturated rings. The van der Waals surface area contributed by atoms with Crippen LogP contribution >= 0.6 is 11.6 Å². The molecule has 1 atom stereocenters. The lowest BCUT2D eigenvalue weighted by molar-refractivity contribution is -0.128. The third-order valence-electron chi connectivity index (χ3n) is 4.50. The van der Waals surface area contributed by atoms with Gasteiger partial charge in [0.1, 0.15) is 0 Å². The molecular formula is C20H21ClN2O4. The molecule has 1 aliphatic heterocycles. The van der Waals surface area contributed by atoms with E-state index >= 15 is 0 Å². The van der Waals surface area contributed by atoms with Crippen molar-refractivity contribution in [1.82, 2.24) is 4.90 Å². The van der Waals surface area contributed by atoms with Crippen molar-refractivity contribution in [3.05, 3.63) is 53.1 Å². The summed E-state index contributed by atoms with van der Waals surface area (Å²) in [6, 6.07) is 12.5. The van der Waals surface area contributed by atoms with Crippen molar-refractivity contribution in [2.45, 2.75) is 13.0 Å². The van der Waals surface area contributed by atoms with Gasteiger partial charge in [-0.15, -0.1) is 0 Å². The van der Waals surface area contributed by atoms with E-state index in [4.69, 9.17) is 21.1 Å². The maximum absolute atomic E-state index is 12.5. The highest BCUT2D eigenvalue weighted by Crippen LogP contribution is 2.29. The van der Waals surface area contributed by atoms with Gasteiger partial charge in [-0.2, -0.15) is 0 Å². The summed E-state index contributed by atoms with van der Waals surface area (Å²) in [5, 5.41) is 3.37. The second kappa shape index (κ2) is 8.31. The quantitative estimate of drug-likeness (QED) is 0.824. The van der Waals surface area contributed by atoms with Gasteiger partial charge in [0.25, 0.3) is 0 Å². The molecule has 1 N–H and O–H groups in total. The molecule has 0 radical (unpaired) electrons. The smallest absolute Gasteiger partial charge is 0.229 e. The second-order valence-electron chi connectivity index (χ2n) is 6.36. The van der Waals surface area contributed by atoms with Gasteiger partial charge in [0.05, 0.1) is 20.1 Å². The van der Waals surface area contributed by atoms with E-state index in [0.717, 1.165) is 5.56 Å². The van der Waals surface area contributed by atoms with Gasteiger partial charge < -0.3 is 19.7 Å². The molecule has 0 aliphatic carbocycles. The Bertz CT molecular complexity index is 856. The third-order valence-corrected chi connectivity index (χ3v) is 4.73. The van der Waals surface area contributed by atoms with Crippen LogP contribution in [0, 0.1) is 5.92 Å². The summed E-state index contributed by atoms with van der Waals surface area (Å²) in [5.74, 6) is 0.623. The second-order valence-corrected chi connectivity index (χ2v) is 6.80. The number of methoxy groups -OCH3 is 2. The number of hydrogen-bond acceptors (Lipinski definition) is 4. The van der Waals surface area contributed by atoms with Crippen LogP contribution in [0.5, 0.6) is 11.5 Å². The fourth-order valence-electron chi connectivity index (χ4n) is 3.11. The highest BCUT2D eigenvalue weighted by atomic mass is 35.5. The van der Waals surface area contributed by atoms with Crippen LogP contribution in [0.4, 0.5) is 5.69 Å². The summed E-state index contributed by atoms with van der Waals surface area (Å²) < 4.78 is 10.5. The Balaban J connectivity index is 1.64. The number of benzene rings is 2. The average molecular weight is 389 g/mol. The first-order chi connectivity index (χ1) is 13.0. The summed E-state index contributed by atoms with van der Waals surface area (Å²) in [6.45, 7) is 0.791. The number of carbonyl (C=O) groups excluding carboxylic acids is 2. The number of carbonyl (C=O) groups is 2. The molecular weight excluding hydrogens is 368 g/mol. The van der Waals surface area contributed by atoms with Crippen molar-refractivity contribution in [3.8, 4) is 11.5 Å². The first-order valence-corrected chi connectivity index (χ1v) is 8.93. The van der Waals surface area contributed by atoms with Gasteiger partial charge in [-0.3, -0.25) is 9.59 Å². The first kappa shape index (κ1) is 19.0. The number of anilines is 1. The topological polar surface area (TPSA) is 67.9 Å². The number of halogens is 1. The van der Waals surface area contributed by atoms with E-state index in [2.05, 4.69) is 5.32 Å². The van der Waals surface area contributed by atoms with Crippen molar-refractivity contribution in [2.75, 3.05) is 26.1 Å². The van der Waals surface area contributed by atoms with Crippen molar-refractivity contribution >= 4 is 29.1 Å². The molecule has 2 amide bonds. The highest BCUT2D eigenvalue weighted by molar-refractivity contribution is 6.30. The molecule has 0 saturated carbocycles. The monoisotopic (exact) mass is 388 g/mol. The summed E-state index contributed by atoms with van der Waals surface area (Å²) >= 11 is 5.94. The molecule has 1 unspecified atom stereocenters. The number of nitrogens with one attached hydrogen (secondary N) is 1. The molecule has 2 aromatic rings. The van der Waals surface area contributed by atoms with Crippen LogP contribution in [0.25, 0.3) is 0 Å². The molecule has 3 rings (SSSR count). The number of hydrogen-bond donors (Lipinski definition) is 1. The van der Waals surface area contributed by atoms with Crippen molar-refractivity contribution in [2.24, 2.45) is 5.92 Å². The molecule has 2 aromatic carbocycles. The van der Waals surface area contributed by atoms with Crippen LogP contribution in [0.3, 0.4) is 0 Å². The fourth-order valence-corrected chi connectivity index (χ4v) is 3.30. The van der Waals surface area contributed by atoms with Crippen molar-refractivity contribution in [3.63, 3.8) is 0 Å². The highest BCUT2D eigenvalue weighted by Gasteiger charge is 2.34. The Hall–Kier alpha value is -2.73. The van der Waals surface area contributed by atoms with Crippen LogP contribution in [0.1, 0.15) is 12.0 Å². The van der Waals surface area contributed by atoms with E-state index in [1.807, 2.05) is 12.1 Å². The molecule has 6 nitrogen and oxygen atoms in total. The molecule has 0 spiro atoms. The van der Waals surface area contributed by atoms with E-state index in [-0.39, 0.29) is 18.2 Å². The predicted octanol–water partition coefficient (Wildman–Crippen LogP) is 3.34. The van der Waals surface area contributed by atoms with Gasteiger partial charge >= 0.3 is 0 Å². The Kier molecular flexibility index (Phi) is 5.86. The third kappa shape index (κ3) is 4.52. The van der Waals surface area contributed by atoms with Crippen LogP contribution in [0.15, 0.2) is 42.5 Å². The minimum atomic E-state index is -0.392. The van der Waals surface area contributed by atoms with E-state index in [1.165, 1.54) is 0 Å². The fraction of sp³-hybridized carbons (Fsp3) is 0.300. The normalized spacial score (nSPS) is 16.3. The number of amides is 2. The minimum Gasteiger partial charge on any atom is -0.493 e. The summed E-state index contributed by atoms with van der Waals surface area (Å²) in [7, 11) is 3.14. The van der Waals surface area contributed by atoms with E-state index < -0.39 is 5.92 Å². The Morgan fingerprint density at radius 3 is 2.67 bits per heavy atom. The molecule has 1 aliphatic rings. The van der Waals surface area contributed by atoms with Crippen LogP contribution < -0.4 is 14.8 Å². The van der Waals surface area contributed by atoms with Gasteiger partial charge in [0.2, 0.25) is 11.8 Å². The molecule has 7 heteroatoms. The van der Waals surface area contributed by atoms with Crippen LogP contribution in [0.2, 0.25) is 5.02 Å². The van der Waals surface area contributed by atoms with E-state index in [1.54, 1.807) is 49.5 Å². The molecule has 0 bridgehead atoms. The summed E-state index contributed by atoms with van der Waals surface area (Å²) in [6.07, 6.45) is 0.194. The number of ether oxygens (including phenoxy) is 2. The SMILES string of the molecule is COc1ccc(CN2CC(C(=O)Nc3cccc(Cl)c3)CC2=O)cc1OC. The molecule has 27 heavy (non-hydrogen) atoms. The zero-order valence-corrected chi connectivity index (χ0v) is 16.0. The number of likely N-dealkylation sites (tertiary alicyclic amines) is 1. The van der Waals surface area contributed by atoms with Gasteiger partial charge in [-0.25, -0.2) is 0 Å². The van der Waals surface area contributed by atoms with E-state index in [0.29, 0.717) is 35.3 Å². The molecule has 1 saturated heterocycles. The molecule has 142 valence electrons. The average Bonchev–Trinajstić information content (AvgIpc) is 3.02.